The predicted octanol–water partition coefficient (Wildman–Crippen LogP) is 2.30. The van der Waals surface area contributed by atoms with Gasteiger partial charge in [-0.15, -0.1) is 0 Å². The topological polar surface area (TPSA) is 42.0 Å². The maximum atomic E-state index is 8.79. The van der Waals surface area contributed by atoms with Gasteiger partial charge in [0.2, 0.25) is 0 Å². The zero-order valence-corrected chi connectivity index (χ0v) is 10.5. The van der Waals surface area contributed by atoms with Crippen molar-refractivity contribution in [3.8, 4) is 0 Å². The maximum absolute atomic E-state index is 8.79. The van der Waals surface area contributed by atoms with Gasteiger partial charge in [-0.3, -0.25) is 0 Å². The molecule has 0 saturated carbocycles. The molecule has 98 valence electrons. The van der Waals surface area contributed by atoms with Gasteiger partial charge in [-0.05, 0) is 18.4 Å². The first-order chi connectivity index (χ1) is 8.90. The van der Waals surface area contributed by atoms with Crippen LogP contribution in [0.5, 0.6) is 0 Å². The van der Waals surface area contributed by atoms with Crippen LogP contribution >= 0.6 is 0 Å². The van der Waals surface area contributed by atoms with E-state index in [4.69, 9.17) is 14.6 Å². The first-order valence-electron chi connectivity index (χ1n) is 6.43. The largest absolute Gasteiger partial charge is 0.394 e. The molecule has 1 saturated heterocycles. The molecule has 0 spiro atoms. The van der Waals surface area contributed by atoms with E-state index in [1.807, 2.05) is 24.3 Å². The van der Waals surface area contributed by atoms with Gasteiger partial charge in [-0.2, -0.15) is 0 Å². The van der Waals surface area contributed by atoms with Crippen molar-refractivity contribution in [1.82, 2.24) is 0 Å². The van der Waals surface area contributed by atoms with Gasteiger partial charge in [0, 0.05) is 0 Å². The number of hydrogen-bond donors (Lipinski definition) is 1. The predicted molar refractivity (Wildman–Crippen MR) is 70.2 cm³/mol. The first-order valence-corrected chi connectivity index (χ1v) is 6.43. The summed E-state index contributed by atoms with van der Waals surface area (Å²) in [6.45, 7) is 1.45. The molecule has 1 fully saturated rings. The smallest absolute Gasteiger partial charge is 0.107 e. The summed E-state index contributed by atoms with van der Waals surface area (Å²) < 4.78 is 10.8. The maximum Gasteiger partial charge on any atom is 0.107 e. The van der Waals surface area contributed by atoms with Crippen molar-refractivity contribution < 1.29 is 14.6 Å². The molecule has 2 rings (SSSR count). The van der Waals surface area contributed by atoms with Crippen LogP contribution < -0.4 is 0 Å². The number of benzene rings is 1. The minimum Gasteiger partial charge on any atom is -0.394 e. The van der Waals surface area contributed by atoms with Gasteiger partial charge in [-0.25, -0.2) is 0 Å². The third-order valence-corrected chi connectivity index (χ3v) is 2.98. The highest BCUT2D eigenvalue weighted by molar-refractivity contribution is 5.13. The summed E-state index contributed by atoms with van der Waals surface area (Å²) >= 11 is 0. The highest BCUT2D eigenvalue weighted by atomic mass is 16.6. The molecule has 1 aliphatic rings. The lowest BCUT2D eigenvalue weighted by atomic mass is 10.2. The van der Waals surface area contributed by atoms with Crippen molar-refractivity contribution in [3.63, 3.8) is 0 Å². The minimum atomic E-state index is 0.0905. The summed E-state index contributed by atoms with van der Waals surface area (Å²) in [7, 11) is 0. The third kappa shape index (κ3) is 4.61. The monoisotopic (exact) mass is 248 g/mol. The van der Waals surface area contributed by atoms with Crippen LogP contribution in [0.3, 0.4) is 0 Å². The standard InChI is InChI=1S/C15H20O3/c16-11-15-14(18-15)9-5-2-6-10-17-12-13-7-3-1-4-8-13/h1-4,6-8,14-16H,5,9-12H2/b6-2+/t14-,15-/m0/s1. The van der Waals surface area contributed by atoms with Crippen molar-refractivity contribution in [1.29, 1.82) is 0 Å². The van der Waals surface area contributed by atoms with Gasteiger partial charge in [-0.1, -0.05) is 42.5 Å². The molecule has 0 amide bonds. The van der Waals surface area contributed by atoms with E-state index in [0.29, 0.717) is 13.2 Å². The number of aliphatic hydroxyl groups excluding tert-OH is 1. The van der Waals surface area contributed by atoms with E-state index in [9.17, 15) is 0 Å². The zero-order valence-electron chi connectivity index (χ0n) is 10.5. The number of hydrogen-bond acceptors (Lipinski definition) is 3. The van der Waals surface area contributed by atoms with E-state index in [0.717, 1.165) is 12.8 Å². The average Bonchev–Trinajstić information content (AvgIpc) is 3.17. The Morgan fingerprint density at radius 1 is 1.17 bits per heavy atom. The van der Waals surface area contributed by atoms with E-state index in [-0.39, 0.29) is 18.8 Å². The van der Waals surface area contributed by atoms with Crippen LogP contribution in [0.15, 0.2) is 42.5 Å². The molecule has 0 aliphatic carbocycles. The number of ether oxygens (including phenoxy) is 2. The van der Waals surface area contributed by atoms with Crippen LogP contribution in [0.2, 0.25) is 0 Å². The van der Waals surface area contributed by atoms with Crippen LogP contribution in [0.25, 0.3) is 0 Å². The van der Waals surface area contributed by atoms with E-state index in [2.05, 4.69) is 18.2 Å². The van der Waals surface area contributed by atoms with E-state index in [1.54, 1.807) is 0 Å². The molecule has 3 nitrogen and oxygen atoms in total. The normalized spacial score (nSPS) is 22.5. The molecule has 3 heteroatoms. The lowest BCUT2D eigenvalue weighted by Gasteiger charge is -2.00. The Morgan fingerprint density at radius 3 is 2.72 bits per heavy atom. The number of allylic oxidation sites excluding steroid dienone is 1. The fourth-order valence-corrected chi connectivity index (χ4v) is 1.86. The fraction of sp³-hybridized carbons (Fsp3) is 0.467. The molecular formula is C15H20O3. The second-order valence-corrected chi connectivity index (χ2v) is 4.45. The summed E-state index contributed by atoms with van der Waals surface area (Å²) in [4.78, 5) is 0. The van der Waals surface area contributed by atoms with E-state index in [1.165, 1.54) is 5.56 Å². The molecule has 0 aromatic heterocycles. The first kappa shape index (κ1) is 13.3. The zero-order chi connectivity index (χ0) is 12.6. The van der Waals surface area contributed by atoms with Gasteiger partial charge in [0.05, 0.1) is 25.9 Å². The lowest BCUT2D eigenvalue weighted by Crippen LogP contribution is -1.98. The van der Waals surface area contributed by atoms with Crippen molar-refractivity contribution >= 4 is 0 Å². The fourth-order valence-electron chi connectivity index (χ4n) is 1.86. The second-order valence-electron chi connectivity index (χ2n) is 4.45. The summed E-state index contributed by atoms with van der Waals surface area (Å²) in [6, 6.07) is 10.2. The van der Waals surface area contributed by atoms with E-state index >= 15 is 0 Å². The number of rotatable bonds is 8. The summed E-state index contributed by atoms with van der Waals surface area (Å²) in [5.41, 5.74) is 1.20. The lowest BCUT2D eigenvalue weighted by molar-refractivity contribution is 0.148. The van der Waals surface area contributed by atoms with Crippen molar-refractivity contribution in [2.24, 2.45) is 0 Å². The number of epoxide rings is 1. The van der Waals surface area contributed by atoms with Gasteiger partial charge in [0.25, 0.3) is 0 Å². The van der Waals surface area contributed by atoms with Gasteiger partial charge in [0.15, 0.2) is 0 Å². The second kappa shape index (κ2) is 7.31. The SMILES string of the molecule is OC[C@@H]1O[C@H]1CC/C=C/COCc1ccccc1. The van der Waals surface area contributed by atoms with Crippen molar-refractivity contribution in [2.45, 2.75) is 31.7 Å². The Morgan fingerprint density at radius 2 is 2.00 bits per heavy atom. The summed E-state index contributed by atoms with van der Waals surface area (Å²) in [6.07, 6.45) is 6.48. The van der Waals surface area contributed by atoms with Crippen LogP contribution in [0, 0.1) is 0 Å². The van der Waals surface area contributed by atoms with E-state index < -0.39 is 0 Å². The molecule has 1 aromatic carbocycles. The molecule has 2 atom stereocenters. The Balaban J connectivity index is 1.48. The van der Waals surface area contributed by atoms with Crippen LogP contribution in [0.4, 0.5) is 0 Å². The molecule has 18 heavy (non-hydrogen) atoms. The molecule has 0 unspecified atom stereocenters. The highest BCUT2D eigenvalue weighted by Gasteiger charge is 2.36. The summed E-state index contributed by atoms with van der Waals surface area (Å²) in [5, 5.41) is 8.79. The van der Waals surface area contributed by atoms with Crippen LogP contribution in [0.1, 0.15) is 18.4 Å². The molecule has 1 aromatic rings. The molecule has 1 heterocycles. The quantitative estimate of drug-likeness (QED) is 0.436. The average molecular weight is 248 g/mol. The number of aliphatic hydroxyl groups is 1. The van der Waals surface area contributed by atoms with Crippen LogP contribution in [-0.4, -0.2) is 30.5 Å². The van der Waals surface area contributed by atoms with Crippen molar-refractivity contribution in [3.05, 3.63) is 48.0 Å². The molecule has 0 radical (unpaired) electrons. The van der Waals surface area contributed by atoms with Gasteiger partial charge in [0.1, 0.15) is 6.10 Å². The Bertz CT molecular complexity index is 361. The molecule has 1 N–H and O–H groups in total. The third-order valence-electron chi connectivity index (χ3n) is 2.98. The minimum absolute atomic E-state index is 0.0905. The molecule has 1 aliphatic heterocycles. The Kier molecular flexibility index (Phi) is 5.39. The molecule has 0 bridgehead atoms. The Hall–Kier alpha value is -1.16. The summed E-state index contributed by atoms with van der Waals surface area (Å²) in [5.74, 6) is 0. The van der Waals surface area contributed by atoms with Gasteiger partial charge < -0.3 is 14.6 Å². The van der Waals surface area contributed by atoms with Gasteiger partial charge >= 0.3 is 0 Å². The highest BCUT2D eigenvalue weighted by Crippen LogP contribution is 2.25. The molecular weight excluding hydrogens is 228 g/mol. The van der Waals surface area contributed by atoms with Crippen molar-refractivity contribution in [2.75, 3.05) is 13.2 Å². The Labute approximate surface area is 108 Å². The van der Waals surface area contributed by atoms with Crippen LogP contribution in [-0.2, 0) is 16.1 Å².